The molecule has 0 fully saturated rings. The second-order valence-corrected chi connectivity index (χ2v) is 6.42. The van der Waals surface area contributed by atoms with Crippen molar-refractivity contribution in [2.45, 2.75) is 37.6 Å². The highest BCUT2D eigenvalue weighted by molar-refractivity contribution is 7.98. The van der Waals surface area contributed by atoms with Gasteiger partial charge in [0.25, 0.3) is 0 Å². The third-order valence-electron chi connectivity index (χ3n) is 3.46. The van der Waals surface area contributed by atoms with Crippen LogP contribution in [0.5, 0.6) is 0 Å². The first-order chi connectivity index (χ1) is 11.0. The lowest BCUT2D eigenvalue weighted by Gasteiger charge is -2.04. The molecule has 0 aliphatic heterocycles. The highest BCUT2D eigenvalue weighted by Crippen LogP contribution is 2.23. The Morgan fingerprint density at radius 1 is 1.22 bits per heavy atom. The van der Waals surface area contributed by atoms with Crippen LogP contribution in [0.3, 0.4) is 0 Å². The summed E-state index contributed by atoms with van der Waals surface area (Å²) >= 11 is 1.40. The zero-order chi connectivity index (χ0) is 16.4. The average molecular weight is 330 g/mol. The van der Waals surface area contributed by atoms with Gasteiger partial charge in [0, 0.05) is 5.56 Å². The number of thioether (sulfide) groups is 1. The first-order valence-corrected chi connectivity index (χ1v) is 8.26. The zero-order valence-electron chi connectivity index (χ0n) is 13.2. The van der Waals surface area contributed by atoms with Gasteiger partial charge in [-0.15, -0.1) is 10.2 Å². The molecule has 0 aliphatic carbocycles. The van der Waals surface area contributed by atoms with E-state index in [1.54, 1.807) is 6.92 Å². The Balaban J connectivity index is 1.69. The molecule has 7 nitrogen and oxygen atoms in total. The number of hydrogen-bond acceptors (Lipinski definition) is 7. The van der Waals surface area contributed by atoms with Crippen molar-refractivity contribution in [3.05, 3.63) is 41.5 Å². The molecule has 2 N–H and O–H groups in total. The van der Waals surface area contributed by atoms with Gasteiger partial charge in [0.2, 0.25) is 16.9 Å². The third kappa shape index (κ3) is 3.37. The van der Waals surface area contributed by atoms with Crippen molar-refractivity contribution in [1.82, 2.24) is 25.0 Å². The van der Waals surface area contributed by atoms with Gasteiger partial charge in [0.05, 0.1) is 5.75 Å². The molecule has 0 amide bonds. The van der Waals surface area contributed by atoms with Crippen LogP contribution in [-0.2, 0) is 5.75 Å². The minimum absolute atomic E-state index is 0.492. The van der Waals surface area contributed by atoms with Crippen LogP contribution in [0.25, 0.3) is 11.4 Å². The zero-order valence-corrected chi connectivity index (χ0v) is 14.0. The fourth-order valence-corrected chi connectivity index (χ4v) is 2.76. The Kier molecular flexibility index (Phi) is 4.33. The van der Waals surface area contributed by atoms with Crippen molar-refractivity contribution >= 4 is 11.8 Å². The summed E-state index contributed by atoms with van der Waals surface area (Å²) in [5.41, 5.74) is 2.22. The van der Waals surface area contributed by atoms with Gasteiger partial charge in [0.1, 0.15) is 5.82 Å². The molecule has 3 aromatic rings. The van der Waals surface area contributed by atoms with E-state index in [1.807, 2.05) is 12.1 Å². The van der Waals surface area contributed by atoms with E-state index in [2.05, 4.69) is 46.3 Å². The summed E-state index contributed by atoms with van der Waals surface area (Å²) in [6, 6.07) is 8.20. The number of nitrogen functional groups attached to an aromatic ring is 1. The van der Waals surface area contributed by atoms with Gasteiger partial charge in [-0.25, -0.2) is 4.68 Å². The molecule has 0 saturated carbocycles. The maximum absolute atomic E-state index is 5.81. The topological polar surface area (TPSA) is 95.6 Å². The molecular formula is C15H18N6OS. The van der Waals surface area contributed by atoms with Gasteiger partial charge in [-0.3, -0.25) is 0 Å². The Bertz CT molecular complexity index is 793. The molecule has 8 heteroatoms. The van der Waals surface area contributed by atoms with Crippen LogP contribution in [0, 0.1) is 6.92 Å². The SMILES string of the molecule is Cc1nnc(SCc2nc(-c3ccc(C(C)C)cc3)no2)n1N. The highest BCUT2D eigenvalue weighted by atomic mass is 32.2. The maximum atomic E-state index is 5.81. The number of nitrogens with two attached hydrogens (primary N) is 1. The molecular weight excluding hydrogens is 312 g/mol. The number of aryl methyl sites for hydroxylation is 1. The number of nitrogens with zero attached hydrogens (tertiary/aromatic N) is 5. The summed E-state index contributed by atoms with van der Waals surface area (Å²) in [6.07, 6.45) is 0. The molecule has 0 bridgehead atoms. The molecule has 120 valence electrons. The summed E-state index contributed by atoms with van der Waals surface area (Å²) in [7, 11) is 0. The molecule has 2 heterocycles. The molecule has 0 aliphatic rings. The minimum Gasteiger partial charge on any atom is -0.338 e. The Morgan fingerprint density at radius 2 is 1.96 bits per heavy atom. The number of aromatic nitrogens is 5. The molecule has 0 spiro atoms. The normalized spacial score (nSPS) is 11.3. The lowest BCUT2D eigenvalue weighted by molar-refractivity contribution is 0.391. The largest absolute Gasteiger partial charge is 0.338 e. The number of hydrogen-bond donors (Lipinski definition) is 1. The standard InChI is InChI=1S/C15H18N6OS/c1-9(2)11-4-6-12(7-5-11)14-17-13(22-20-14)8-23-15-19-18-10(3)21(15)16/h4-7,9H,8,16H2,1-3H3. The van der Waals surface area contributed by atoms with Crippen LogP contribution in [0.2, 0.25) is 0 Å². The van der Waals surface area contributed by atoms with Gasteiger partial charge in [0.15, 0.2) is 0 Å². The lowest BCUT2D eigenvalue weighted by atomic mass is 10.0. The van der Waals surface area contributed by atoms with E-state index in [4.69, 9.17) is 10.4 Å². The van der Waals surface area contributed by atoms with E-state index < -0.39 is 0 Å². The number of rotatable bonds is 5. The molecule has 0 radical (unpaired) electrons. The quantitative estimate of drug-likeness (QED) is 0.567. The smallest absolute Gasteiger partial charge is 0.237 e. The first-order valence-electron chi connectivity index (χ1n) is 7.27. The fourth-order valence-electron chi connectivity index (χ4n) is 2.02. The first kappa shape index (κ1) is 15.5. The Labute approximate surface area is 138 Å². The number of benzene rings is 1. The van der Waals surface area contributed by atoms with Gasteiger partial charge in [-0.2, -0.15) is 4.98 Å². The molecule has 2 aromatic heterocycles. The second kappa shape index (κ2) is 6.41. The molecule has 3 rings (SSSR count). The van der Waals surface area contributed by atoms with E-state index in [-0.39, 0.29) is 0 Å². The summed E-state index contributed by atoms with van der Waals surface area (Å²) in [5, 5.41) is 12.5. The predicted octanol–water partition coefficient (Wildman–Crippen LogP) is 2.77. The van der Waals surface area contributed by atoms with Crippen LogP contribution in [0.4, 0.5) is 0 Å². The van der Waals surface area contributed by atoms with Crippen LogP contribution in [0.15, 0.2) is 33.9 Å². The van der Waals surface area contributed by atoms with Crippen molar-refractivity contribution < 1.29 is 4.52 Å². The van der Waals surface area contributed by atoms with Crippen LogP contribution in [-0.4, -0.2) is 25.0 Å². The van der Waals surface area contributed by atoms with Crippen molar-refractivity contribution in [1.29, 1.82) is 0 Å². The third-order valence-corrected chi connectivity index (χ3v) is 4.39. The van der Waals surface area contributed by atoms with E-state index in [0.29, 0.717) is 34.4 Å². The van der Waals surface area contributed by atoms with Gasteiger partial charge >= 0.3 is 0 Å². The molecule has 0 unspecified atom stereocenters. The van der Waals surface area contributed by atoms with Crippen molar-refractivity contribution in [2.75, 3.05) is 5.84 Å². The van der Waals surface area contributed by atoms with E-state index in [1.165, 1.54) is 22.0 Å². The van der Waals surface area contributed by atoms with Crippen LogP contribution >= 0.6 is 11.8 Å². The Morgan fingerprint density at radius 3 is 2.57 bits per heavy atom. The summed E-state index contributed by atoms with van der Waals surface area (Å²) in [4.78, 5) is 4.41. The van der Waals surface area contributed by atoms with Crippen LogP contribution in [0.1, 0.15) is 37.0 Å². The van der Waals surface area contributed by atoms with Crippen molar-refractivity contribution in [3.63, 3.8) is 0 Å². The summed E-state index contributed by atoms with van der Waals surface area (Å²) in [5.74, 6) is 8.56. The second-order valence-electron chi connectivity index (χ2n) is 5.48. The maximum Gasteiger partial charge on any atom is 0.237 e. The van der Waals surface area contributed by atoms with E-state index in [9.17, 15) is 0 Å². The predicted molar refractivity (Wildman–Crippen MR) is 88.3 cm³/mol. The lowest BCUT2D eigenvalue weighted by Crippen LogP contribution is -2.11. The fraction of sp³-hybridized carbons (Fsp3) is 0.333. The molecule has 0 saturated heterocycles. The monoisotopic (exact) mass is 330 g/mol. The Hall–Kier alpha value is -2.35. The van der Waals surface area contributed by atoms with Crippen LogP contribution < -0.4 is 5.84 Å². The summed E-state index contributed by atoms with van der Waals surface area (Å²) < 4.78 is 6.72. The molecule has 1 aromatic carbocycles. The van der Waals surface area contributed by atoms with Crippen molar-refractivity contribution in [3.8, 4) is 11.4 Å². The van der Waals surface area contributed by atoms with Gasteiger partial charge in [-0.05, 0) is 18.4 Å². The van der Waals surface area contributed by atoms with Crippen molar-refractivity contribution in [2.24, 2.45) is 0 Å². The highest BCUT2D eigenvalue weighted by Gasteiger charge is 2.12. The van der Waals surface area contributed by atoms with Gasteiger partial charge in [-0.1, -0.05) is 55.0 Å². The molecule has 23 heavy (non-hydrogen) atoms. The summed E-state index contributed by atoms with van der Waals surface area (Å²) in [6.45, 7) is 6.12. The molecule has 0 atom stereocenters. The average Bonchev–Trinajstić information content (AvgIpc) is 3.14. The van der Waals surface area contributed by atoms with Gasteiger partial charge < -0.3 is 10.4 Å². The van der Waals surface area contributed by atoms with E-state index >= 15 is 0 Å². The van der Waals surface area contributed by atoms with E-state index in [0.717, 1.165) is 5.56 Å². The minimum atomic E-state index is 0.492.